The third-order valence-corrected chi connectivity index (χ3v) is 4.18. The first-order chi connectivity index (χ1) is 12.8. The minimum Gasteiger partial charge on any atom is -0.477 e. The lowest BCUT2D eigenvalue weighted by Crippen LogP contribution is -2.30. The van der Waals surface area contributed by atoms with Crippen LogP contribution in [-0.4, -0.2) is 35.2 Å². The molecule has 0 aliphatic heterocycles. The van der Waals surface area contributed by atoms with Gasteiger partial charge in [0.2, 0.25) is 5.90 Å². The fourth-order valence-corrected chi connectivity index (χ4v) is 2.36. The highest BCUT2D eigenvalue weighted by molar-refractivity contribution is 6.32. The smallest absolute Gasteiger partial charge is 0.397 e. The van der Waals surface area contributed by atoms with E-state index in [1.54, 1.807) is 20.8 Å². The van der Waals surface area contributed by atoms with Crippen LogP contribution in [0.3, 0.4) is 0 Å². The Kier molecular flexibility index (Phi) is 6.27. The zero-order chi connectivity index (χ0) is 21.2. The number of carbonyl (C=O) groups excluding carboxylic acids is 1. The molecule has 1 aliphatic rings. The predicted octanol–water partition coefficient (Wildman–Crippen LogP) is 4.95. The van der Waals surface area contributed by atoms with Gasteiger partial charge >= 0.3 is 12.1 Å². The summed E-state index contributed by atoms with van der Waals surface area (Å²) >= 11 is 5.99. The van der Waals surface area contributed by atoms with Crippen LogP contribution in [0.2, 0.25) is 5.15 Å². The van der Waals surface area contributed by atoms with E-state index in [0.29, 0.717) is 0 Å². The van der Waals surface area contributed by atoms with Gasteiger partial charge in [-0.1, -0.05) is 11.6 Å². The van der Waals surface area contributed by atoms with Crippen LogP contribution < -0.4 is 5.32 Å². The minimum atomic E-state index is -4.33. The first-order valence-corrected chi connectivity index (χ1v) is 8.82. The SMILES string of the molecule is CC(C)(C)OC(=O)c1ccc(N/C=C\C(=N)OCC2(C(F)(F)F)CC2)nc1Cl. The van der Waals surface area contributed by atoms with Crippen LogP contribution in [0.5, 0.6) is 0 Å². The van der Waals surface area contributed by atoms with Crippen molar-refractivity contribution in [1.29, 1.82) is 5.41 Å². The molecule has 6 nitrogen and oxygen atoms in total. The van der Waals surface area contributed by atoms with E-state index in [1.165, 1.54) is 18.3 Å². The van der Waals surface area contributed by atoms with E-state index in [2.05, 4.69) is 10.3 Å². The van der Waals surface area contributed by atoms with E-state index < -0.39 is 35.7 Å². The van der Waals surface area contributed by atoms with Gasteiger partial charge in [-0.3, -0.25) is 5.41 Å². The normalized spacial score (nSPS) is 16.0. The molecule has 0 spiro atoms. The number of aromatic nitrogens is 1. The van der Waals surface area contributed by atoms with Gasteiger partial charge in [0.25, 0.3) is 0 Å². The lowest BCUT2D eigenvalue weighted by Gasteiger charge is -2.19. The highest BCUT2D eigenvalue weighted by Crippen LogP contribution is 2.57. The third kappa shape index (κ3) is 5.85. The van der Waals surface area contributed by atoms with Crippen molar-refractivity contribution in [3.8, 4) is 0 Å². The average molecular weight is 420 g/mol. The second-order valence-electron chi connectivity index (χ2n) is 7.45. The quantitative estimate of drug-likeness (QED) is 0.295. The molecule has 0 aromatic carbocycles. The number of pyridine rings is 1. The Balaban J connectivity index is 1.88. The zero-order valence-corrected chi connectivity index (χ0v) is 16.4. The lowest BCUT2D eigenvalue weighted by atomic mass is 10.1. The van der Waals surface area contributed by atoms with Crippen molar-refractivity contribution in [3.63, 3.8) is 0 Å². The van der Waals surface area contributed by atoms with Crippen LogP contribution >= 0.6 is 11.6 Å². The maximum atomic E-state index is 12.8. The molecule has 2 rings (SSSR count). The molecule has 1 aromatic heterocycles. The molecule has 154 valence electrons. The summed E-state index contributed by atoms with van der Waals surface area (Å²) in [5.74, 6) is -0.754. The molecule has 2 N–H and O–H groups in total. The van der Waals surface area contributed by atoms with E-state index in [0.717, 1.165) is 6.08 Å². The van der Waals surface area contributed by atoms with Crippen LogP contribution in [0.25, 0.3) is 0 Å². The van der Waals surface area contributed by atoms with Gasteiger partial charge < -0.3 is 14.8 Å². The molecule has 28 heavy (non-hydrogen) atoms. The molecule has 1 saturated carbocycles. The predicted molar refractivity (Wildman–Crippen MR) is 98.6 cm³/mol. The zero-order valence-electron chi connectivity index (χ0n) is 15.6. The van der Waals surface area contributed by atoms with E-state index in [9.17, 15) is 18.0 Å². The largest absolute Gasteiger partial charge is 0.477 e. The Morgan fingerprint density at radius 3 is 2.50 bits per heavy atom. The van der Waals surface area contributed by atoms with Crippen molar-refractivity contribution in [2.24, 2.45) is 5.41 Å². The van der Waals surface area contributed by atoms with E-state index in [4.69, 9.17) is 26.5 Å². The number of ether oxygens (including phenoxy) is 2. The van der Waals surface area contributed by atoms with Gasteiger partial charge in [0, 0.05) is 12.3 Å². The van der Waals surface area contributed by atoms with E-state index >= 15 is 0 Å². The number of nitrogens with zero attached hydrogens (tertiary/aromatic N) is 1. The van der Waals surface area contributed by atoms with Crippen LogP contribution in [-0.2, 0) is 9.47 Å². The topological polar surface area (TPSA) is 84.3 Å². The number of hydrogen-bond donors (Lipinski definition) is 2. The van der Waals surface area contributed by atoms with Crippen molar-refractivity contribution < 1.29 is 27.4 Å². The van der Waals surface area contributed by atoms with Gasteiger partial charge in [-0.15, -0.1) is 0 Å². The van der Waals surface area contributed by atoms with Crippen molar-refractivity contribution >= 4 is 29.3 Å². The fraction of sp³-hybridized carbons (Fsp3) is 0.500. The molecule has 1 aliphatic carbocycles. The standard InChI is InChI=1S/C18H21ClF3N3O3/c1-16(2,3)28-15(26)11-4-5-13(25-14(11)19)24-9-6-12(23)27-10-17(7-8-17)18(20,21)22/h4-6,9,23H,7-8,10H2,1-3H3,(H,24,25)/b9-6-,23-12?. The molecule has 1 heterocycles. The highest BCUT2D eigenvalue weighted by atomic mass is 35.5. The van der Waals surface area contributed by atoms with Crippen molar-refractivity contribution in [2.45, 2.75) is 45.4 Å². The van der Waals surface area contributed by atoms with Crippen molar-refractivity contribution in [3.05, 3.63) is 35.1 Å². The number of esters is 1. The first kappa shape index (κ1) is 22.0. The number of nitrogens with one attached hydrogen (secondary N) is 2. The van der Waals surface area contributed by atoms with E-state index in [1.807, 2.05) is 0 Å². The number of halogens is 4. The molecule has 1 fully saturated rings. The van der Waals surface area contributed by atoms with Crippen LogP contribution in [0.15, 0.2) is 24.4 Å². The summed E-state index contributed by atoms with van der Waals surface area (Å²) in [7, 11) is 0. The molecular weight excluding hydrogens is 399 g/mol. The number of hydrogen-bond acceptors (Lipinski definition) is 6. The molecular formula is C18H21ClF3N3O3. The first-order valence-electron chi connectivity index (χ1n) is 8.44. The molecule has 0 atom stereocenters. The van der Waals surface area contributed by atoms with Gasteiger partial charge in [-0.2, -0.15) is 13.2 Å². The molecule has 10 heteroatoms. The summed E-state index contributed by atoms with van der Waals surface area (Å²) in [6, 6.07) is 2.91. The summed E-state index contributed by atoms with van der Waals surface area (Å²) in [5.41, 5.74) is -2.40. The van der Waals surface area contributed by atoms with Crippen LogP contribution in [0, 0.1) is 10.8 Å². The molecule has 0 unspecified atom stereocenters. The van der Waals surface area contributed by atoms with Gasteiger partial charge in [0.15, 0.2) is 0 Å². The maximum absolute atomic E-state index is 12.8. The average Bonchev–Trinajstić information content (AvgIpc) is 3.32. The summed E-state index contributed by atoms with van der Waals surface area (Å²) in [4.78, 5) is 16.0. The molecule has 0 saturated heterocycles. The van der Waals surface area contributed by atoms with Gasteiger partial charge in [-0.05, 0) is 45.7 Å². The van der Waals surface area contributed by atoms with Crippen LogP contribution in [0.1, 0.15) is 44.0 Å². The molecule has 1 aromatic rings. The number of rotatable bonds is 6. The Morgan fingerprint density at radius 2 is 2.00 bits per heavy atom. The third-order valence-electron chi connectivity index (χ3n) is 3.89. The van der Waals surface area contributed by atoms with Crippen molar-refractivity contribution in [2.75, 3.05) is 11.9 Å². The van der Waals surface area contributed by atoms with Crippen molar-refractivity contribution in [1.82, 2.24) is 4.98 Å². The second kappa shape index (κ2) is 7.98. The Bertz CT molecular complexity index is 785. The highest BCUT2D eigenvalue weighted by Gasteiger charge is 2.63. The Morgan fingerprint density at radius 1 is 1.36 bits per heavy atom. The number of anilines is 1. The second-order valence-corrected chi connectivity index (χ2v) is 7.80. The van der Waals surface area contributed by atoms with Gasteiger partial charge in [0.05, 0.1) is 5.56 Å². The lowest BCUT2D eigenvalue weighted by molar-refractivity contribution is -0.195. The summed E-state index contributed by atoms with van der Waals surface area (Å²) in [6.45, 7) is 4.60. The maximum Gasteiger partial charge on any atom is 0.397 e. The van der Waals surface area contributed by atoms with Crippen LogP contribution in [0.4, 0.5) is 19.0 Å². The molecule has 0 amide bonds. The summed E-state index contributed by atoms with van der Waals surface area (Å²) in [6.07, 6.45) is -1.87. The van der Waals surface area contributed by atoms with E-state index in [-0.39, 0.29) is 29.4 Å². The monoisotopic (exact) mass is 419 g/mol. The number of alkyl halides is 3. The van der Waals surface area contributed by atoms with Gasteiger partial charge in [0.1, 0.15) is 28.6 Å². The Labute approximate surface area is 165 Å². The van der Waals surface area contributed by atoms with Gasteiger partial charge in [-0.25, -0.2) is 9.78 Å². The summed E-state index contributed by atoms with van der Waals surface area (Å²) < 4.78 is 48.5. The minimum absolute atomic E-state index is 0.0121. The summed E-state index contributed by atoms with van der Waals surface area (Å²) in [5, 5.41) is 10.2. The Hall–Kier alpha value is -2.29. The fourth-order valence-electron chi connectivity index (χ4n) is 2.13. The molecule has 0 bridgehead atoms. The number of carbonyl (C=O) groups is 1. The molecule has 0 radical (unpaired) electrons.